The molecule has 1 unspecified atom stereocenters. The van der Waals surface area contributed by atoms with Gasteiger partial charge in [-0.2, -0.15) is 0 Å². The van der Waals surface area contributed by atoms with Crippen LogP contribution in [0.3, 0.4) is 0 Å². The number of nitrogens with one attached hydrogen (secondary N) is 1. The molecule has 0 heterocycles. The second-order valence-electron chi connectivity index (χ2n) is 4.07. The van der Waals surface area contributed by atoms with Crippen molar-refractivity contribution in [3.63, 3.8) is 0 Å². The predicted octanol–water partition coefficient (Wildman–Crippen LogP) is 2.92. The molecule has 0 radical (unpaired) electrons. The minimum absolute atomic E-state index is 0.0316. The Bertz CT molecular complexity index is 382. The SMILES string of the molecule is CCC(C)NC(=O)C=Cc1cccc(C)c1. The fourth-order valence-corrected chi connectivity index (χ4v) is 1.34. The summed E-state index contributed by atoms with van der Waals surface area (Å²) in [6.45, 7) is 6.09. The summed E-state index contributed by atoms with van der Waals surface area (Å²) in [5.74, 6) is -0.0316. The average molecular weight is 217 g/mol. The van der Waals surface area contributed by atoms with Gasteiger partial charge in [-0.15, -0.1) is 0 Å². The molecule has 16 heavy (non-hydrogen) atoms. The van der Waals surface area contributed by atoms with E-state index < -0.39 is 0 Å². The highest BCUT2D eigenvalue weighted by Gasteiger charge is 2.00. The molecule has 0 fully saturated rings. The highest BCUT2D eigenvalue weighted by molar-refractivity contribution is 5.91. The first-order valence-electron chi connectivity index (χ1n) is 5.67. The van der Waals surface area contributed by atoms with Crippen LogP contribution in [0, 0.1) is 6.92 Å². The maximum absolute atomic E-state index is 11.5. The van der Waals surface area contributed by atoms with Gasteiger partial charge in [-0.25, -0.2) is 0 Å². The zero-order chi connectivity index (χ0) is 12.0. The van der Waals surface area contributed by atoms with Gasteiger partial charge in [0.2, 0.25) is 5.91 Å². The van der Waals surface area contributed by atoms with Crippen molar-refractivity contribution in [2.75, 3.05) is 0 Å². The van der Waals surface area contributed by atoms with Gasteiger partial charge in [0.25, 0.3) is 0 Å². The lowest BCUT2D eigenvalue weighted by molar-refractivity contribution is -0.117. The van der Waals surface area contributed by atoms with Crippen molar-refractivity contribution in [1.29, 1.82) is 0 Å². The number of rotatable bonds is 4. The summed E-state index contributed by atoms with van der Waals surface area (Å²) in [5, 5.41) is 2.89. The van der Waals surface area contributed by atoms with Gasteiger partial charge in [0.15, 0.2) is 0 Å². The zero-order valence-electron chi connectivity index (χ0n) is 10.2. The number of hydrogen-bond acceptors (Lipinski definition) is 1. The Balaban J connectivity index is 2.56. The number of benzene rings is 1. The zero-order valence-corrected chi connectivity index (χ0v) is 10.2. The van der Waals surface area contributed by atoms with Crippen molar-refractivity contribution in [1.82, 2.24) is 5.32 Å². The largest absolute Gasteiger partial charge is 0.350 e. The Morgan fingerprint density at radius 2 is 2.25 bits per heavy atom. The molecule has 0 spiro atoms. The van der Waals surface area contributed by atoms with E-state index >= 15 is 0 Å². The molecule has 2 heteroatoms. The van der Waals surface area contributed by atoms with Crippen molar-refractivity contribution in [3.05, 3.63) is 41.5 Å². The molecule has 0 saturated heterocycles. The summed E-state index contributed by atoms with van der Waals surface area (Å²) in [6.07, 6.45) is 4.37. The lowest BCUT2D eigenvalue weighted by Crippen LogP contribution is -2.30. The lowest BCUT2D eigenvalue weighted by atomic mass is 10.1. The van der Waals surface area contributed by atoms with E-state index in [1.54, 1.807) is 6.08 Å². The Labute approximate surface area is 97.4 Å². The first kappa shape index (κ1) is 12.5. The Kier molecular flexibility index (Phi) is 4.77. The van der Waals surface area contributed by atoms with Crippen molar-refractivity contribution in [2.45, 2.75) is 33.2 Å². The first-order chi connectivity index (χ1) is 7.61. The summed E-state index contributed by atoms with van der Waals surface area (Å²) in [5.41, 5.74) is 2.25. The number of aryl methyl sites for hydroxylation is 1. The fraction of sp³-hybridized carbons (Fsp3) is 0.357. The topological polar surface area (TPSA) is 29.1 Å². The molecule has 1 aromatic rings. The minimum atomic E-state index is -0.0316. The van der Waals surface area contributed by atoms with Crippen LogP contribution in [0.1, 0.15) is 31.4 Å². The molecule has 0 aromatic heterocycles. The smallest absolute Gasteiger partial charge is 0.244 e. The monoisotopic (exact) mass is 217 g/mol. The molecule has 86 valence electrons. The highest BCUT2D eigenvalue weighted by Crippen LogP contribution is 2.05. The molecule has 0 aliphatic carbocycles. The van der Waals surface area contributed by atoms with Gasteiger partial charge < -0.3 is 5.32 Å². The van der Waals surface area contributed by atoms with Gasteiger partial charge in [0.05, 0.1) is 0 Å². The summed E-state index contributed by atoms with van der Waals surface area (Å²) >= 11 is 0. The molecule has 2 nitrogen and oxygen atoms in total. The number of carbonyl (C=O) groups is 1. The van der Waals surface area contributed by atoms with E-state index in [2.05, 4.69) is 12.2 Å². The van der Waals surface area contributed by atoms with Crippen molar-refractivity contribution in [2.24, 2.45) is 0 Å². The van der Waals surface area contributed by atoms with Crippen LogP contribution in [0.4, 0.5) is 0 Å². The predicted molar refractivity (Wildman–Crippen MR) is 68.1 cm³/mol. The molecule has 1 N–H and O–H groups in total. The van der Waals surface area contributed by atoms with Gasteiger partial charge in [-0.3, -0.25) is 4.79 Å². The fourth-order valence-electron chi connectivity index (χ4n) is 1.34. The molecule has 1 atom stereocenters. The van der Waals surface area contributed by atoms with Crippen LogP contribution < -0.4 is 5.32 Å². The van der Waals surface area contributed by atoms with E-state index in [4.69, 9.17) is 0 Å². The van der Waals surface area contributed by atoms with Crippen LogP contribution in [0.2, 0.25) is 0 Å². The van der Waals surface area contributed by atoms with E-state index in [1.165, 1.54) is 5.56 Å². The van der Waals surface area contributed by atoms with E-state index in [9.17, 15) is 4.79 Å². The Hall–Kier alpha value is -1.57. The Morgan fingerprint density at radius 3 is 2.88 bits per heavy atom. The number of amides is 1. The van der Waals surface area contributed by atoms with Crippen LogP contribution in [-0.2, 0) is 4.79 Å². The van der Waals surface area contributed by atoms with Crippen LogP contribution >= 0.6 is 0 Å². The van der Waals surface area contributed by atoms with E-state index in [0.717, 1.165) is 12.0 Å². The maximum atomic E-state index is 11.5. The van der Waals surface area contributed by atoms with Gasteiger partial charge >= 0.3 is 0 Å². The van der Waals surface area contributed by atoms with Crippen molar-refractivity contribution >= 4 is 12.0 Å². The van der Waals surface area contributed by atoms with Crippen LogP contribution in [0.25, 0.3) is 6.08 Å². The summed E-state index contributed by atoms with van der Waals surface area (Å²) < 4.78 is 0. The summed E-state index contributed by atoms with van der Waals surface area (Å²) in [7, 11) is 0. The second-order valence-corrected chi connectivity index (χ2v) is 4.07. The molecular weight excluding hydrogens is 198 g/mol. The molecular formula is C14H19NO. The standard InChI is InChI=1S/C14H19NO/c1-4-12(3)15-14(16)9-8-13-7-5-6-11(2)10-13/h5-10,12H,4H2,1-3H3,(H,15,16). The number of carbonyl (C=O) groups excluding carboxylic acids is 1. The van der Waals surface area contributed by atoms with Crippen molar-refractivity contribution in [3.8, 4) is 0 Å². The van der Waals surface area contributed by atoms with Crippen LogP contribution in [0.5, 0.6) is 0 Å². The Morgan fingerprint density at radius 1 is 1.50 bits per heavy atom. The molecule has 0 saturated carbocycles. The molecule has 0 aliphatic heterocycles. The third-order valence-corrected chi connectivity index (χ3v) is 2.47. The first-order valence-corrected chi connectivity index (χ1v) is 5.67. The molecule has 0 bridgehead atoms. The van der Waals surface area contributed by atoms with Crippen LogP contribution in [-0.4, -0.2) is 11.9 Å². The second kappa shape index (κ2) is 6.11. The highest BCUT2D eigenvalue weighted by atomic mass is 16.1. The van der Waals surface area contributed by atoms with E-state index in [0.29, 0.717) is 0 Å². The summed E-state index contributed by atoms with van der Waals surface area (Å²) in [6, 6.07) is 8.29. The van der Waals surface area contributed by atoms with E-state index in [-0.39, 0.29) is 11.9 Å². The molecule has 1 amide bonds. The average Bonchev–Trinajstić information content (AvgIpc) is 2.26. The third-order valence-electron chi connectivity index (χ3n) is 2.47. The molecule has 1 aromatic carbocycles. The van der Waals surface area contributed by atoms with Gasteiger partial charge in [0, 0.05) is 12.1 Å². The van der Waals surface area contributed by atoms with E-state index in [1.807, 2.05) is 44.2 Å². The quantitative estimate of drug-likeness (QED) is 0.772. The lowest BCUT2D eigenvalue weighted by Gasteiger charge is -2.08. The van der Waals surface area contributed by atoms with Crippen molar-refractivity contribution < 1.29 is 4.79 Å². The maximum Gasteiger partial charge on any atom is 0.244 e. The third kappa shape index (κ3) is 4.30. The molecule has 0 aliphatic rings. The van der Waals surface area contributed by atoms with Gasteiger partial charge in [-0.1, -0.05) is 36.8 Å². The van der Waals surface area contributed by atoms with Crippen LogP contribution in [0.15, 0.2) is 30.3 Å². The number of hydrogen-bond donors (Lipinski definition) is 1. The normalized spacial score (nSPS) is 12.7. The van der Waals surface area contributed by atoms with Gasteiger partial charge in [0.1, 0.15) is 0 Å². The molecule has 1 rings (SSSR count). The summed E-state index contributed by atoms with van der Waals surface area (Å²) in [4.78, 5) is 11.5. The minimum Gasteiger partial charge on any atom is -0.350 e. The van der Waals surface area contributed by atoms with Gasteiger partial charge in [-0.05, 0) is 31.9 Å².